The van der Waals surface area contributed by atoms with Crippen molar-refractivity contribution in [2.24, 2.45) is 0 Å². The second kappa shape index (κ2) is 8.63. The highest BCUT2D eigenvalue weighted by molar-refractivity contribution is 5.27. The van der Waals surface area contributed by atoms with E-state index < -0.39 is 23.3 Å². The predicted molar refractivity (Wildman–Crippen MR) is 105 cm³/mol. The van der Waals surface area contributed by atoms with E-state index in [0.29, 0.717) is 13.1 Å². The van der Waals surface area contributed by atoms with Gasteiger partial charge >= 0.3 is 0 Å². The number of rotatable bonds is 7. The maximum atomic E-state index is 14.7. The Bertz CT molecular complexity index is 942. The summed E-state index contributed by atoms with van der Waals surface area (Å²) in [7, 11) is 0. The zero-order valence-electron chi connectivity index (χ0n) is 16.8. The number of aliphatic hydroxyl groups is 1. The maximum Gasteiger partial charge on any atom is 0.137 e. The fourth-order valence-electron chi connectivity index (χ4n) is 4.08. The summed E-state index contributed by atoms with van der Waals surface area (Å²) in [6.07, 6.45) is 4.50. The molecule has 0 aliphatic carbocycles. The molecule has 0 bridgehead atoms. The number of aromatic nitrogens is 3. The van der Waals surface area contributed by atoms with Crippen molar-refractivity contribution >= 4 is 0 Å². The molecule has 1 saturated heterocycles. The highest BCUT2D eigenvalue weighted by Gasteiger charge is 2.42. The van der Waals surface area contributed by atoms with Crippen molar-refractivity contribution in [2.75, 3.05) is 26.2 Å². The lowest BCUT2D eigenvalue weighted by Gasteiger charge is -2.44. The Morgan fingerprint density at radius 1 is 1.20 bits per heavy atom. The Morgan fingerprint density at radius 3 is 2.63 bits per heavy atom. The Balaban J connectivity index is 1.53. The van der Waals surface area contributed by atoms with E-state index in [-0.39, 0.29) is 12.1 Å². The van der Waals surface area contributed by atoms with Crippen LogP contribution in [0.15, 0.2) is 53.7 Å². The molecule has 0 saturated carbocycles. The van der Waals surface area contributed by atoms with Gasteiger partial charge in [-0.1, -0.05) is 6.07 Å². The first-order valence-electron chi connectivity index (χ1n) is 9.95. The second-order valence-electron chi connectivity index (χ2n) is 7.71. The normalized spacial score (nSPS) is 18.9. The van der Waals surface area contributed by atoms with Crippen molar-refractivity contribution in [3.63, 3.8) is 0 Å². The van der Waals surface area contributed by atoms with E-state index in [1.54, 1.807) is 6.26 Å². The van der Waals surface area contributed by atoms with Crippen LogP contribution >= 0.6 is 0 Å². The molecule has 1 aromatic carbocycles. The number of halogens is 2. The number of furan rings is 1. The van der Waals surface area contributed by atoms with Gasteiger partial charge in [0, 0.05) is 43.9 Å². The van der Waals surface area contributed by atoms with Gasteiger partial charge in [-0.25, -0.2) is 18.4 Å². The van der Waals surface area contributed by atoms with Crippen molar-refractivity contribution < 1.29 is 18.3 Å². The summed E-state index contributed by atoms with van der Waals surface area (Å²) in [6.45, 7) is 5.57. The van der Waals surface area contributed by atoms with E-state index in [9.17, 15) is 13.9 Å². The van der Waals surface area contributed by atoms with Gasteiger partial charge in [0.25, 0.3) is 0 Å². The molecule has 0 spiro atoms. The summed E-state index contributed by atoms with van der Waals surface area (Å²) in [5.41, 5.74) is -1.57. The van der Waals surface area contributed by atoms with Crippen LogP contribution in [0.1, 0.15) is 18.2 Å². The lowest BCUT2D eigenvalue weighted by Crippen LogP contribution is -2.57. The minimum atomic E-state index is -1.62. The molecule has 0 radical (unpaired) electrons. The van der Waals surface area contributed by atoms with Gasteiger partial charge in [-0.3, -0.25) is 9.80 Å². The van der Waals surface area contributed by atoms with Crippen molar-refractivity contribution in [1.29, 1.82) is 0 Å². The first kappa shape index (κ1) is 20.6. The molecular formula is C21H25F2N5O2. The molecule has 3 aromatic rings. The van der Waals surface area contributed by atoms with E-state index >= 15 is 0 Å². The number of benzene rings is 1. The van der Waals surface area contributed by atoms with Crippen LogP contribution in [-0.4, -0.2) is 61.9 Å². The summed E-state index contributed by atoms with van der Waals surface area (Å²) in [4.78, 5) is 8.31. The molecule has 160 valence electrons. The van der Waals surface area contributed by atoms with Crippen LogP contribution in [0.25, 0.3) is 0 Å². The largest absolute Gasteiger partial charge is 0.468 e. The predicted octanol–water partition coefficient (Wildman–Crippen LogP) is 2.24. The van der Waals surface area contributed by atoms with E-state index in [1.165, 1.54) is 29.5 Å². The van der Waals surface area contributed by atoms with Gasteiger partial charge in [-0.2, -0.15) is 5.10 Å². The Morgan fingerprint density at radius 2 is 2.00 bits per heavy atom. The number of piperazine rings is 1. The fraction of sp³-hybridized carbons (Fsp3) is 0.429. The Labute approximate surface area is 173 Å². The zero-order valence-corrected chi connectivity index (χ0v) is 16.8. The van der Waals surface area contributed by atoms with Crippen molar-refractivity contribution in [3.8, 4) is 0 Å². The van der Waals surface area contributed by atoms with Crippen molar-refractivity contribution in [1.82, 2.24) is 24.6 Å². The number of hydrogen-bond donors (Lipinski definition) is 1. The lowest BCUT2D eigenvalue weighted by molar-refractivity contribution is -0.0745. The summed E-state index contributed by atoms with van der Waals surface area (Å²) >= 11 is 0. The first-order valence-corrected chi connectivity index (χ1v) is 9.95. The number of hydrogen-bond acceptors (Lipinski definition) is 6. The molecule has 7 nitrogen and oxygen atoms in total. The monoisotopic (exact) mass is 417 g/mol. The number of nitrogens with zero attached hydrogens (tertiary/aromatic N) is 5. The van der Waals surface area contributed by atoms with Gasteiger partial charge < -0.3 is 9.52 Å². The molecule has 3 heterocycles. The quantitative estimate of drug-likeness (QED) is 0.636. The highest BCUT2D eigenvalue weighted by atomic mass is 19.1. The second-order valence-corrected chi connectivity index (χ2v) is 7.71. The minimum Gasteiger partial charge on any atom is -0.468 e. The van der Waals surface area contributed by atoms with Gasteiger partial charge in [-0.05, 0) is 25.1 Å². The standard InChI is InChI=1S/C21H25F2N5O2/c1-16(27-8-6-26(7-9-27)12-18-3-2-10-30-18)21(29,13-28-15-24-14-25-28)19-5-4-17(22)11-20(19)23/h2-5,10-11,14-16,29H,6-9,12-13H2,1H3. The van der Waals surface area contributed by atoms with Gasteiger partial charge in [0.15, 0.2) is 0 Å². The summed E-state index contributed by atoms with van der Waals surface area (Å²) in [6, 6.07) is 6.66. The van der Waals surface area contributed by atoms with E-state index in [0.717, 1.165) is 31.5 Å². The SMILES string of the molecule is CC(N1CCN(Cc2ccco2)CC1)C(O)(Cn1cncn1)c1ccc(F)cc1F. The smallest absolute Gasteiger partial charge is 0.137 e. The molecule has 2 aromatic heterocycles. The Kier molecular flexibility index (Phi) is 5.94. The zero-order chi connectivity index (χ0) is 21.1. The van der Waals surface area contributed by atoms with Crippen LogP contribution in [-0.2, 0) is 18.7 Å². The average molecular weight is 417 g/mol. The molecule has 0 amide bonds. The lowest BCUT2D eigenvalue weighted by atomic mass is 9.85. The van der Waals surface area contributed by atoms with Crippen LogP contribution in [0.3, 0.4) is 0 Å². The van der Waals surface area contributed by atoms with Crippen LogP contribution in [0.2, 0.25) is 0 Å². The molecule has 9 heteroatoms. The minimum absolute atomic E-state index is 0.00330. The van der Waals surface area contributed by atoms with Gasteiger partial charge in [0.05, 0.1) is 19.4 Å². The molecule has 30 heavy (non-hydrogen) atoms. The average Bonchev–Trinajstić information content (AvgIpc) is 3.42. The fourth-order valence-corrected chi connectivity index (χ4v) is 4.08. The summed E-state index contributed by atoms with van der Waals surface area (Å²) in [5, 5.41) is 15.8. The van der Waals surface area contributed by atoms with Crippen molar-refractivity contribution in [3.05, 3.63) is 72.2 Å². The third kappa shape index (κ3) is 4.28. The van der Waals surface area contributed by atoms with Crippen LogP contribution < -0.4 is 0 Å². The highest BCUT2D eigenvalue weighted by Crippen LogP contribution is 2.33. The summed E-state index contributed by atoms with van der Waals surface area (Å²) in [5.74, 6) is -0.549. The van der Waals surface area contributed by atoms with E-state index in [4.69, 9.17) is 4.42 Å². The third-order valence-corrected chi connectivity index (χ3v) is 5.87. The van der Waals surface area contributed by atoms with E-state index in [2.05, 4.69) is 19.9 Å². The van der Waals surface area contributed by atoms with Crippen LogP contribution in [0, 0.1) is 11.6 Å². The molecular weight excluding hydrogens is 392 g/mol. The van der Waals surface area contributed by atoms with Crippen LogP contribution in [0.5, 0.6) is 0 Å². The molecule has 1 fully saturated rings. The van der Waals surface area contributed by atoms with Gasteiger partial charge in [-0.15, -0.1) is 0 Å². The molecule has 1 aliphatic rings. The van der Waals surface area contributed by atoms with Gasteiger partial charge in [0.1, 0.15) is 35.7 Å². The van der Waals surface area contributed by atoms with Crippen molar-refractivity contribution in [2.45, 2.75) is 31.7 Å². The molecule has 2 unspecified atom stereocenters. The topological polar surface area (TPSA) is 70.6 Å². The Hall–Kier alpha value is -2.62. The molecule has 1 N–H and O–H groups in total. The summed E-state index contributed by atoms with van der Waals surface area (Å²) < 4.78 is 35.1. The van der Waals surface area contributed by atoms with Crippen LogP contribution in [0.4, 0.5) is 8.78 Å². The molecule has 2 atom stereocenters. The van der Waals surface area contributed by atoms with E-state index in [1.807, 2.05) is 19.1 Å². The molecule has 4 rings (SSSR count). The third-order valence-electron chi connectivity index (χ3n) is 5.87. The maximum absolute atomic E-state index is 14.7. The van der Waals surface area contributed by atoms with Gasteiger partial charge in [0.2, 0.25) is 0 Å². The first-order chi connectivity index (χ1) is 14.5. The molecule has 1 aliphatic heterocycles.